The Kier molecular flexibility index (Phi) is 5.65. The van der Waals surface area contributed by atoms with Gasteiger partial charge in [-0.15, -0.1) is 0 Å². The monoisotopic (exact) mass is 519 g/mol. The van der Waals surface area contributed by atoms with Gasteiger partial charge in [-0.25, -0.2) is 13.8 Å². The number of hydrogen-bond donors (Lipinski definition) is 1. The second kappa shape index (κ2) is 8.49. The minimum atomic E-state index is -0.939. The molecule has 0 radical (unpaired) electrons. The summed E-state index contributed by atoms with van der Waals surface area (Å²) >= 11 is 3.51. The first-order valence-corrected chi connectivity index (χ1v) is 11.6. The van der Waals surface area contributed by atoms with Gasteiger partial charge in [0, 0.05) is 32.2 Å². The lowest BCUT2D eigenvalue weighted by Crippen LogP contribution is -2.45. The number of likely N-dealkylation sites (N-methyl/N-ethyl adjacent to an activating group) is 1. The predicted octanol–water partition coefficient (Wildman–Crippen LogP) is 3.46. The highest BCUT2D eigenvalue weighted by molar-refractivity contribution is 9.10. The van der Waals surface area contributed by atoms with E-state index in [0.29, 0.717) is 28.9 Å². The Balaban J connectivity index is 1.52. The van der Waals surface area contributed by atoms with Crippen LogP contribution < -0.4 is 10.2 Å². The summed E-state index contributed by atoms with van der Waals surface area (Å²) in [4.78, 5) is 18.2. The van der Waals surface area contributed by atoms with Crippen molar-refractivity contribution in [2.24, 2.45) is 0 Å². The van der Waals surface area contributed by atoms with Gasteiger partial charge in [-0.05, 0) is 49.0 Å². The van der Waals surface area contributed by atoms with Crippen molar-refractivity contribution in [1.82, 2.24) is 34.0 Å². The van der Waals surface area contributed by atoms with Crippen LogP contribution in [-0.4, -0.2) is 67.3 Å². The molecule has 12 heteroatoms. The van der Waals surface area contributed by atoms with Crippen LogP contribution in [0.5, 0.6) is 0 Å². The van der Waals surface area contributed by atoms with Crippen LogP contribution in [0.15, 0.2) is 22.8 Å². The Morgan fingerprint density at radius 2 is 1.85 bits per heavy atom. The van der Waals surface area contributed by atoms with Gasteiger partial charge in [0.2, 0.25) is 11.9 Å². The van der Waals surface area contributed by atoms with Crippen molar-refractivity contribution < 1.29 is 8.78 Å². The van der Waals surface area contributed by atoms with Gasteiger partial charge in [0.1, 0.15) is 11.3 Å². The highest BCUT2D eigenvalue weighted by Gasteiger charge is 2.22. The molecule has 4 aromatic rings. The van der Waals surface area contributed by atoms with Crippen molar-refractivity contribution in [2.45, 2.75) is 26.4 Å². The molecule has 0 unspecified atom stereocenters. The molecular weight excluding hydrogens is 496 g/mol. The SMILES string of the molecule is CC(C)n1c(CNc2nc(N3CCN(C)CC3)nc3c(Br)cnn23)nc2c(F)c(F)ccc21. The highest BCUT2D eigenvalue weighted by Crippen LogP contribution is 2.26. The van der Waals surface area contributed by atoms with E-state index in [1.807, 2.05) is 18.4 Å². The molecule has 3 aromatic heterocycles. The molecule has 0 spiro atoms. The average Bonchev–Trinajstić information content (AvgIpc) is 3.36. The molecule has 5 rings (SSSR count). The van der Waals surface area contributed by atoms with E-state index < -0.39 is 11.6 Å². The first-order valence-electron chi connectivity index (χ1n) is 10.8. The van der Waals surface area contributed by atoms with E-state index in [4.69, 9.17) is 9.97 Å². The summed E-state index contributed by atoms with van der Waals surface area (Å²) in [5, 5.41) is 7.66. The Morgan fingerprint density at radius 3 is 2.58 bits per heavy atom. The lowest BCUT2D eigenvalue weighted by Gasteiger charge is -2.32. The lowest BCUT2D eigenvalue weighted by molar-refractivity contribution is 0.311. The highest BCUT2D eigenvalue weighted by atomic mass is 79.9. The molecular formula is C21H24BrF2N9. The maximum atomic E-state index is 14.4. The van der Waals surface area contributed by atoms with E-state index in [0.717, 1.165) is 36.7 Å². The molecule has 1 N–H and O–H groups in total. The summed E-state index contributed by atoms with van der Waals surface area (Å²) in [5.74, 6) is -0.167. The van der Waals surface area contributed by atoms with E-state index in [-0.39, 0.29) is 18.1 Å². The van der Waals surface area contributed by atoms with Gasteiger partial charge < -0.3 is 19.7 Å². The summed E-state index contributed by atoms with van der Waals surface area (Å²) < 4.78 is 32.4. The normalized spacial score (nSPS) is 15.3. The zero-order valence-corrected chi connectivity index (χ0v) is 20.1. The van der Waals surface area contributed by atoms with Crippen molar-refractivity contribution in [3.63, 3.8) is 0 Å². The first-order chi connectivity index (χ1) is 15.8. The van der Waals surface area contributed by atoms with Gasteiger partial charge in [-0.3, -0.25) is 0 Å². The molecule has 174 valence electrons. The van der Waals surface area contributed by atoms with Crippen molar-refractivity contribution >= 4 is 44.5 Å². The number of hydrogen-bond acceptors (Lipinski definition) is 7. The summed E-state index contributed by atoms with van der Waals surface area (Å²) in [5.41, 5.74) is 1.22. The minimum Gasteiger partial charge on any atom is -0.347 e. The number of rotatable bonds is 5. The largest absolute Gasteiger partial charge is 0.347 e. The Labute approximate surface area is 197 Å². The van der Waals surface area contributed by atoms with Crippen LogP contribution in [0.3, 0.4) is 0 Å². The van der Waals surface area contributed by atoms with Crippen LogP contribution in [0.4, 0.5) is 20.7 Å². The number of imidazole rings is 1. The third-order valence-electron chi connectivity index (χ3n) is 5.85. The minimum absolute atomic E-state index is 0.00169. The number of anilines is 2. The van der Waals surface area contributed by atoms with E-state index in [1.165, 1.54) is 0 Å². The molecule has 4 heterocycles. The molecule has 1 aliphatic heterocycles. The zero-order valence-electron chi connectivity index (χ0n) is 18.6. The fourth-order valence-electron chi connectivity index (χ4n) is 4.11. The number of halogens is 3. The summed E-state index contributed by atoms with van der Waals surface area (Å²) in [6, 6.07) is 2.69. The zero-order chi connectivity index (χ0) is 23.3. The van der Waals surface area contributed by atoms with Crippen molar-refractivity contribution in [2.75, 3.05) is 43.4 Å². The van der Waals surface area contributed by atoms with Crippen LogP contribution in [0.1, 0.15) is 25.7 Å². The molecule has 0 amide bonds. The second-order valence-electron chi connectivity index (χ2n) is 8.44. The molecule has 0 bridgehead atoms. The summed E-state index contributed by atoms with van der Waals surface area (Å²) in [6.07, 6.45) is 1.67. The smallest absolute Gasteiger partial charge is 0.230 e. The molecule has 1 aromatic carbocycles. The van der Waals surface area contributed by atoms with E-state index >= 15 is 0 Å². The topological polar surface area (TPSA) is 79.4 Å². The maximum Gasteiger partial charge on any atom is 0.230 e. The maximum absolute atomic E-state index is 14.4. The van der Waals surface area contributed by atoms with Gasteiger partial charge in [-0.1, -0.05) is 0 Å². The fraction of sp³-hybridized carbons (Fsp3) is 0.429. The van der Waals surface area contributed by atoms with Crippen LogP contribution >= 0.6 is 15.9 Å². The fourth-order valence-corrected chi connectivity index (χ4v) is 4.46. The van der Waals surface area contributed by atoms with Gasteiger partial charge in [0.15, 0.2) is 17.3 Å². The number of fused-ring (bicyclic) bond motifs is 2. The van der Waals surface area contributed by atoms with E-state index in [9.17, 15) is 8.78 Å². The molecule has 0 saturated carbocycles. The molecule has 1 fully saturated rings. The predicted molar refractivity (Wildman–Crippen MR) is 126 cm³/mol. The van der Waals surface area contributed by atoms with Gasteiger partial charge in [0.25, 0.3) is 0 Å². The number of piperazine rings is 1. The van der Waals surface area contributed by atoms with Crippen LogP contribution in [0.25, 0.3) is 16.7 Å². The summed E-state index contributed by atoms with van der Waals surface area (Å²) in [7, 11) is 2.09. The Hall–Kier alpha value is -2.86. The Morgan fingerprint density at radius 1 is 1.09 bits per heavy atom. The van der Waals surface area contributed by atoms with Crippen LogP contribution in [-0.2, 0) is 6.54 Å². The van der Waals surface area contributed by atoms with E-state index in [1.54, 1.807) is 16.8 Å². The molecule has 0 aliphatic carbocycles. The quantitative estimate of drug-likeness (QED) is 0.432. The molecule has 1 aliphatic rings. The van der Waals surface area contributed by atoms with Crippen molar-refractivity contribution in [3.05, 3.63) is 40.3 Å². The van der Waals surface area contributed by atoms with E-state index in [2.05, 4.69) is 48.2 Å². The number of nitrogens with zero attached hydrogens (tertiary/aromatic N) is 8. The standard InChI is InChI=1S/C21H24BrF2N9/c1-12(2)32-15-5-4-14(23)17(24)18(15)27-16(32)11-25-20-29-21(31-8-6-30(3)7-9-31)28-19-13(22)10-26-33(19)20/h4-5,10,12H,6-9,11H2,1-3H3,(H,25,28,29). The van der Waals surface area contributed by atoms with Gasteiger partial charge >= 0.3 is 0 Å². The van der Waals surface area contributed by atoms with Gasteiger partial charge in [-0.2, -0.15) is 19.6 Å². The molecule has 33 heavy (non-hydrogen) atoms. The molecule has 1 saturated heterocycles. The lowest BCUT2D eigenvalue weighted by atomic mass is 10.2. The Bertz CT molecular complexity index is 1320. The third kappa shape index (κ3) is 3.90. The third-order valence-corrected chi connectivity index (χ3v) is 6.41. The molecule has 0 atom stereocenters. The van der Waals surface area contributed by atoms with Crippen molar-refractivity contribution in [1.29, 1.82) is 0 Å². The average molecular weight is 520 g/mol. The number of benzene rings is 1. The first kappa shape index (κ1) is 22.0. The summed E-state index contributed by atoms with van der Waals surface area (Å²) in [6.45, 7) is 7.71. The molecule has 9 nitrogen and oxygen atoms in total. The van der Waals surface area contributed by atoms with Crippen molar-refractivity contribution in [3.8, 4) is 0 Å². The van der Waals surface area contributed by atoms with Crippen LogP contribution in [0.2, 0.25) is 0 Å². The van der Waals surface area contributed by atoms with Crippen LogP contribution in [0, 0.1) is 11.6 Å². The van der Waals surface area contributed by atoms with Gasteiger partial charge in [0.05, 0.1) is 22.7 Å². The number of aromatic nitrogens is 6. The number of nitrogens with one attached hydrogen (secondary N) is 1. The second-order valence-corrected chi connectivity index (χ2v) is 9.29.